The van der Waals surface area contributed by atoms with E-state index in [1.54, 1.807) is 154 Å². The van der Waals surface area contributed by atoms with Gasteiger partial charge < -0.3 is 51.4 Å². The predicted octanol–water partition coefficient (Wildman–Crippen LogP) is 18.1. The van der Waals surface area contributed by atoms with Gasteiger partial charge in [-0.05, 0) is 169 Å². The number of nitrogens with zero attached hydrogens (tertiary/aromatic N) is 20. The van der Waals surface area contributed by atoms with Crippen LogP contribution in [-0.4, -0.2) is 200 Å². The highest BCUT2D eigenvalue weighted by Gasteiger charge is 2.26. The first kappa shape index (κ1) is 104. The van der Waals surface area contributed by atoms with Crippen molar-refractivity contribution in [2.45, 2.75) is 133 Å². The molecule has 0 aliphatic carbocycles. The number of aryl methyl sites for hydroxylation is 7. The fraction of sp³-hybridized carbons (Fsp3) is 0.206. The summed E-state index contributed by atoms with van der Waals surface area (Å²) in [6.07, 6.45) is 7.54. The number of halogens is 4. The van der Waals surface area contributed by atoms with Crippen LogP contribution < -0.4 is 16.4 Å². The van der Waals surface area contributed by atoms with E-state index in [-0.39, 0.29) is 51.3 Å². The van der Waals surface area contributed by atoms with E-state index in [0.717, 1.165) is 80.1 Å². The molecule has 0 saturated carbocycles. The van der Waals surface area contributed by atoms with E-state index in [4.69, 9.17) is 37.4 Å². The van der Waals surface area contributed by atoms with E-state index in [1.807, 2.05) is 71.9 Å². The maximum Gasteiger partial charge on any atom is 0.412 e. The van der Waals surface area contributed by atoms with Gasteiger partial charge in [0.2, 0.25) is 5.91 Å². The average molecular weight is 2070 g/mol. The molecule has 0 fully saturated rings. The molecule has 0 unspecified atom stereocenters. The van der Waals surface area contributed by atoms with Crippen LogP contribution in [0, 0.1) is 11.6 Å². The predicted molar refractivity (Wildman–Crippen MR) is 539 cm³/mol. The number of carboxylic acids is 6. The first-order valence-electron chi connectivity index (χ1n) is 45.6. The van der Waals surface area contributed by atoms with Gasteiger partial charge in [0.25, 0.3) is 5.91 Å². The number of imidazole rings is 1. The topological polar surface area (TPSA) is 557 Å². The zero-order valence-corrected chi connectivity index (χ0v) is 82.5. The summed E-state index contributed by atoms with van der Waals surface area (Å²) in [6.45, 7) is 18.8. The van der Waals surface area contributed by atoms with Crippen molar-refractivity contribution < 1.29 is 87.3 Å². The number of ether oxygens (including phenoxy) is 1. The van der Waals surface area contributed by atoms with Crippen molar-refractivity contribution in [2.24, 2.45) is 5.73 Å². The number of primary amides is 1. The molecule has 40 nitrogen and oxygen atoms in total. The number of carbonyl (C=O) groups is 9. The number of pyridine rings is 1. The monoisotopic (exact) mass is 2060 g/mol. The van der Waals surface area contributed by atoms with Crippen molar-refractivity contribution in [3.63, 3.8) is 0 Å². The van der Waals surface area contributed by atoms with Crippen molar-refractivity contribution in [1.82, 2.24) is 108 Å². The molecule has 0 saturated heterocycles. The third kappa shape index (κ3) is 23.9. The Labute approximate surface area is 841 Å². The minimum atomic E-state index is -1.15. The van der Waals surface area contributed by atoms with Crippen molar-refractivity contribution in [1.29, 1.82) is 0 Å². The number of carbonyl (C=O) groups excluding carboxylic acids is 3. The maximum atomic E-state index is 14.5. The Hall–Kier alpha value is -17.9. The molecule has 14 aromatic heterocycles. The summed E-state index contributed by atoms with van der Waals surface area (Å²) in [4.78, 5) is 138. The highest BCUT2D eigenvalue weighted by molar-refractivity contribution is 9.10. The molecule has 19 rings (SSSR count). The second-order valence-electron chi connectivity index (χ2n) is 33.5. The van der Waals surface area contributed by atoms with Crippen molar-refractivity contribution in [2.75, 3.05) is 12.4 Å². The van der Waals surface area contributed by atoms with E-state index in [0.29, 0.717) is 145 Å². The number of anilines is 1. The van der Waals surface area contributed by atoms with Crippen LogP contribution in [0.2, 0.25) is 5.15 Å². The quantitative estimate of drug-likeness (QED) is 0.0269. The molecule has 0 atom stereocenters. The Balaban J connectivity index is 0.000000139. The first-order valence-corrected chi connectivity index (χ1v) is 46.8. The molecule has 746 valence electrons. The van der Waals surface area contributed by atoms with Gasteiger partial charge in [0, 0.05) is 151 Å². The van der Waals surface area contributed by atoms with Gasteiger partial charge in [0.1, 0.15) is 39.6 Å². The van der Waals surface area contributed by atoms with Crippen LogP contribution in [0.5, 0.6) is 0 Å². The number of rotatable bonds is 24. The van der Waals surface area contributed by atoms with E-state index in [9.17, 15) is 67.3 Å². The van der Waals surface area contributed by atoms with Gasteiger partial charge in [-0.25, -0.2) is 104 Å². The number of nitrogens with one attached hydrogen (secondary N) is 3. The molecule has 3 amide bonds. The number of hydrogen-bond donors (Lipinski definition) is 10. The van der Waals surface area contributed by atoms with Crippen LogP contribution in [0.15, 0.2) is 199 Å². The second-order valence-corrected chi connectivity index (χ2v) is 34.7. The van der Waals surface area contributed by atoms with E-state index >= 15 is 0 Å². The molecular weight excluding hydrogens is 1970 g/mol. The summed E-state index contributed by atoms with van der Waals surface area (Å²) in [6, 6.07) is 51.4. The van der Waals surface area contributed by atoms with Crippen molar-refractivity contribution in [3.8, 4) is 67.7 Å². The summed E-state index contributed by atoms with van der Waals surface area (Å²) in [5.41, 5.74) is 20.3. The van der Waals surface area contributed by atoms with Crippen molar-refractivity contribution in [3.05, 3.63) is 301 Å². The Morgan fingerprint density at radius 2 is 0.767 bits per heavy atom. The van der Waals surface area contributed by atoms with Crippen LogP contribution in [0.3, 0.4) is 0 Å². The van der Waals surface area contributed by atoms with Gasteiger partial charge in [0.15, 0.2) is 68.0 Å². The zero-order valence-electron chi connectivity index (χ0n) is 80.1. The molecule has 0 spiro atoms. The first-order chi connectivity index (χ1) is 69.8. The van der Waals surface area contributed by atoms with Crippen LogP contribution in [0.25, 0.3) is 112 Å². The third-order valence-electron chi connectivity index (χ3n) is 22.3. The van der Waals surface area contributed by atoms with Gasteiger partial charge in [-0.2, -0.15) is 30.6 Å². The molecule has 0 radical (unpaired) electrons. The van der Waals surface area contributed by atoms with Gasteiger partial charge in [0.05, 0.1) is 34.0 Å². The Morgan fingerprint density at radius 3 is 1.12 bits per heavy atom. The third-order valence-corrected chi connectivity index (χ3v) is 23.1. The molecular formula is C102H94BrClF2N24O16. The number of carboxylic acid groups (broad SMARTS) is 6. The van der Waals surface area contributed by atoms with Crippen LogP contribution >= 0.6 is 27.5 Å². The Kier molecular flexibility index (Phi) is 32.0. The van der Waals surface area contributed by atoms with E-state index < -0.39 is 65.1 Å². The smallest absolute Gasteiger partial charge is 0.412 e. The van der Waals surface area contributed by atoms with E-state index in [1.165, 1.54) is 65.2 Å². The average Bonchev–Trinajstić information content (AvgIpc) is 1.60. The lowest BCUT2D eigenvalue weighted by molar-refractivity contribution is 0.0629. The standard InChI is InChI=1S/C20H21FN4O4.C18H13FN4O2.C17H16N4O3.C16H18ClN5O2.C16H14N4O3.C15H12BrN3O2/c1-5-12-9-16(18(26)27)23-17-10-15(24-25(12)17)13-8-11(6-7-14(13)21)22-19(28)29-20(2,3)4;1-2-11-7-16(18(24)25)21-17-9-15(22-23(11)17)12-6-10-4-3-5-20-14(10)8-13(12)19;1-3-12-8-14(17(23)24)19-15-9-13(20-21(12)15)10-4-6-11(7-5-10)16(22)18-2;1-3-5-6-12-19-14(15(17)20-12)10-8-13-18-11(16(23)24)7-9(4-2)22(13)21-10;1-2-11-7-13(16(22)23)18-14-8-12(19-20(11)14)9-3-5-10(6-4-9)15(17)21;1-2-11-7-13(15(20)21)17-14-8-12(18-19(11)14)9-3-5-10(16)6-4-9/h6-10H,5H2,1-4H3,(H,22,28)(H,26,27);3-9H,2H2,1H3,(H,24,25);4-9H,3H2,1-2H3,(H,18,22)(H,23,24);7-8H,3-6H2,1-2H3,(H,19,20)(H,23,24);3-8H,2H2,1H3,(H2,17,21)(H,22,23);3-8H,2H2,1H3,(H,20,21). The second kappa shape index (κ2) is 44.9. The lowest BCUT2D eigenvalue weighted by Crippen LogP contribution is -2.27. The summed E-state index contributed by atoms with van der Waals surface area (Å²) >= 11 is 9.66. The fourth-order valence-corrected chi connectivity index (χ4v) is 15.6. The lowest BCUT2D eigenvalue weighted by Gasteiger charge is -2.19. The molecule has 0 bridgehead atoms. The largest absolute Gasteiger partial charge is 0.477 e. The summed E-state index contributed by atoms with van der Waals surface area (Å²) in [5.74, 6) is -7.30. The molecule has 44 heteroatoms. The highest BCUT2D eigenvalue weighted by Crippen LogP contribution is 2.34. The summed E-state index contributed by atoms with van der Waals surface area (Å²) < 4.78 is 44.8. The molecule has 5 aromatic carbocycles. The van der Waals surface area contributed by atoms with Gasteiger partial charge >= 0.3 is 41.9 Å². The van der Waals surface area contributed by atoms with Crippen LogP contribution in [0.4, 0.5) is 19.3 Å². The number of fused-ring (bicyclic) bond motifs is 7. The number of unbranched alkanes of at least 4 members (excludes halogenated alkanes) is 1. The normalized spacial score (nSPS) is 11.1. The Bertz CT molecular complexity index is 8280. The SMILES string of the molecule is CCCCc1nc(-c2cc3nc(C(=O)O)cc(CC)n3n2)c(Cl)[nH]1.CCc1cc(C(=O)O)nc2cc(-c3cc(NC(=O)OC(C)(C)C)ccc3F)nn12.CCc1cc(C(=O)O)nc2cc(-c3cc4cccnc4cc3F)nn12.CCc1cc(C(=O)O)nc2cc(-c3ccc(Br)cc3)nn12.CCc1cc(C(=O)O)nc2cc(-c3ccc(C(=O)NC)cc3)nn12.CCc1cc(C(=O)O)nc2cc(-c3ccc(C(N)=O)cc3)nn12. The van der Waals surface area contributed by atoms with Crippen LogP contribution in [0.1, 0.15) is 206 Å². The minimum Gasteiger partial charge on any atom is -0.477 e. The molecule has 0 aliphatic heterocycles. The number of aromatic nitrogens is 21. The number of aromatic carboxylic acids is 6. The number of H-pyrrole nitrogens is 1. The zero-order chi connectivity index (χ0) is 105. The molecule has 14 heterocycles. The van der Waals surface area contributed by atoms with Gasteiger partial charge in [-0.1, -0.05) is 125 Å². The molecule has 19 aromatic rings. The number of nitrogens with two attached hydrogens (primary N) is 1. The number of amides is 3. The number of hydrogen-bond acceptors (Lipinski definition) is 24. The molecule has 11 N–H and O–H groups in total. The van der Waals surface area contributed by atoms with E-state index in [2.05, 4.69) is 109 Å². The number of benzene rings is 5. The molecule has 0 aliphatic rings. The fourth-order valence-electron chi connectivity index (χ4n) is 15.1. The lowest BCUT2D eigenvalue weighted by atomic mass is 10.1. The highest BCUT2D eigenvalue weighted by atomic mass is 79.9. The summed E-state index contributed by atoms with van der Waals surface area (Å²) in [7, 11) is 1.58. The minimum absolute atomic E-state index is 0.000708. The Morgan fingerprint density at radius 1 is 0.425 bits per heavy atom. The summed E-state index contributed by atoms with van der Waals surface area (Å²) in [5, 5.41) is 88.2. The number of aromatic amines is 1. The molecule has 146 heavy (non-hydrogen) atoms. The van der Waals surface area contributed by atoms with Gasteiger partial charge in [-0.3, -0.25) is 19.9 Å². The van der Waals surface area contributed by atoms with Crippen LogP contribution in [-0.2, 0) is 49.7 Å². The maximum absolute atomic E-state index is 14.5. The van der Waals surface area contributed by atoms with Crippen molar-refractivity contribution >= 4 is 132 Å². The van der Waals surface area contributed by atoms with Gasteiger partial charge in [-0.15, -0.1) is 0 Å².